The number of aliphatic hydroxyl groups is 6. The SMILES string of the molecule is CCCCCOC(C1OC2CCC(CCC)CCC2C1C)C(C)(O)C1CCC2(O)C3=C(NCC(C)O)C(=O)C4CC(O)C(O)CC4(CCC4=C(CCCO)NC(N)C=C4)C3CCC12C. The van der Waals surface area contributed by atoms with E-state index in [9.17, 15) is 30.6 Å². The van der Waals surface area contributed by atoms with Crippen LogP contribution < -0.4 is 16.4 Å². The molecule has 0 aromatic rings. The van der Waals surface area contributed by atoms with Gasteiger partial charge in [0, 0.05) is 36.8 Å². The number of allylic oxidation sites excluding steroid dienone is 4. The van der Waals surface area contributed by atoms with Crippen LogP contribution in [0.3, 0.4) is 0 Å². The van der Waals surface area contributed by atoms with Crippen LogP contribution in [0.5, 0.6) is 0 Å². The average Bonchev–Trinajstić information content (AvgIpc) is 3.63. The Labute approximate surface area is 384 Å². The summed E-state index contributed by atoms with van der Waals surface area (Å²) in [6, 6.07) is 0. The molecule has 12 heteroatoms. The van der Waals surface area contributed by atoms with Gasteiger partial charge >= 0.3 is 0 Å². The lowest BCUT2D eigenvalue weighted by Gasteiger charge is -2.62. The molecule has 2 aliphatic heterocycles. The van der Waals surface area contributed by atoms with E-state index < -0.39 is 58.3 Å². The lowest BCUT2D eigenvalue weighted by Crippen LogP contribution is -2.66. The third-order valence-corrected chi connectivity index (χ3v) is 18.3. The highest BCUT2D eigenvalue weighted by Gasteiger charge is 2.72. The predicted octanol–water partition coefficient (Wildman–Crippen LogP) is 6.06. The van der Waals surface area contributed by atoms with E-state index in [0.29, 0.717) is 75.2 Å². The van der Waals surface area contributed by atoms with Crippen LogP contribution in [-0.2, 0) is 14.3 Å². The fourth-order valence-corrected chi connectivity index (χ4v) is 14.9. The molecule has 7 rings (SSSR count). The highest BCUT2D eigenvalue weighted by molar-refractivity contribution is 6.00. The molecule has 1 saturated heterocycles. The lowest BCUT2D eigenvalue weighted by molar-refractivity contribution is -0.214. The van der Waals surface area contributed by atoms with Gasteiger partial charge in [-0.3, -0.25) is 4.79 Å². The number of hydrogen-bond acceptors (Lipinski definition) is 12. The van der Waals surface area contributed by atoms with Gasteiger partial charge in [0.05, 0.1) is 53.6 Å². The van der Waals surface area contributed by atoms with Gasteiger partial charge in [0.25, 0.3) is 0 Å². The number of aliphatic hydroxyl groups excluding tert-OH is 4. The number of ether oxygens (including phenoxy) is 2. The summed E-state index contributed by atoms with van der Waals surface area (Å²) >= 11 is 0. The second-order valence-electron chi connectivity index (χ2n) is 22.3. The molecule has 5 aliphatic carbocycles. The Morgan fingerprint density at radius 2 is 1.80 bits per heavy atom. The molecule has 64 heavy (non-hydrogen) atoms. The van der Waals surface area contributed by atoms with Gasteiger partial charge in [-0.2, -0.15) is 0 Å². The van der Waals surface area contributed by atoms with Gasteiger partial charge in [-0.1, -0.05) is 65.9 Å². The van der Waals surface area contributed by atoms with Crippen LogP contribution in [0.4, 0.5) is 0 Å². The van der Waals surface area contributed by atoms with E-state index in [4.69, 9.17) is 15.2 Å². The highest BCUT2D eigenvalue weighted by Crippen LogP contribution is 2.70. The van der Waals surface area contributed by atoms with Crippen molar-refractivity contribution in [1.82, 2.24) is 10.6 Å². The van der Waals surface area contributed by atoms with Crippen molar-refractivity contribution in [2.75, 3.05) is 19.8 Å². The molecule has 0 aromatic heterocycles. The Morgan fingerprint density at radius 3 is 2.52 bits per heavy atom. The number of carbonyl (C=O) groups is 1. The van der Waals surface area contributed by atoms with Crippen LogP contribution in [0.25, 0.3) is 0 Å². The number of unbranched alkanes of at least 4 members (excludes halogenated alkanes) is 2. The Bertz CT molecular complexity index is 1720. The van der Waals surface area contributed by atoms with Gasteiger partial charge in [0.1, 0.15) is 6.10 Å². The van der Waals surface area contributed by atoms with Crippen molar-refractivity contribution >= 4 is 5.78 Å². The summed E-state index contributed by atoms with van der Waals surface area (Å²) in [4.78, 5) is 15.3. The maximum Gasteiger partial charge on any atom is 0.182 e. The van der Waals surface area contributed by atoms with E-state index in [-0.39, 0.29) is 62.0 Å². The minimum Gasteiger partial charge on any atom is -0.396 e. The van der Waals surface area contributed by atoms with Crippen molar-refractivity contribution in [3.05, 3.63) is 34.7 Å². The van der Waals surface area contributed by atoms with Crippen molar-refractivity contribution in [2.24, 2.45) is 52.1 Å². The standard InChI is InChI=1S/C52H87N3O9/c1-7-9-10-27-63-48(47-32(4)35-17-14-33(12-8-2)15-18-41(35)64-47)50(6,61)42-22-25-52(62)44-36(21-23-49(42,52)5)51(24-20-34-16-19-43(53)55-38(34)13-11-26-56)29-40(59)39(58)28-37(51)46(60)45(44)54-30-31(3)57/h16,19,31-33,35-37,39-43,47-48,54-59,61-62H,7-15,17-18,20-30,53H2,1-6H3. The van der Waals surface area contributed by atoms with Crippen LogP contribution >= 0.6 is 0 Å². The van der Waals surface area contributed by atoms with Gasteiger partial charge in [0.2, 0.25) is 0 Å². The summed E-state index contributed by atoms with van der Waals surface area (Å²) in [5.74, 6) is -0.186. The third kappa shape index (κ3) is 9.20. The summed E-state index contributed by atoms with van der Waals surface area (Å²) in [5, 5.41) is 77.0. The first-order valence-electron chi connectivity index (χ1n) is 25.8. The Hall–Kier alpha value is -1.87. The zero-order valence-corrected chi connectivity index (χ0v) is 40.2. The van der Waals surface area contributed by atoms with Crippen LogP contribution in [-0.4, -0.2) is 110 Å². The summed E-state index contributed by atoms with van der Waals surface area (Å²) < 4.78 is 14.0. The topological polar surface area (TPSA) is 207 Å². The van der Waals surface area contributed by atoms with Gasteiger partial charge in [-0.15, -0.1) is 0 Å². The minimum absolute atomic E-state index is 0.0463. The summed E-state index contributed by atoms with van der Waals surface area (Å²) in [7, 11) is 0. The lowest BCUT2D eigenvalue weighted by atomic mass is 9.43. The zero-order valence-electron chi connectivity index (χ0n) is 40.2. The van der Waals surface area contributed by atoms with E-state index in [1.165, 1.54) is 25.7 Å². The molecular formula is C52H87N3O9. The second-order valence-corrected chi connectivity index (χ2v) is 22.3. The van der Waals surface area contributed by atoms with Crippen molar-refractivity contribution in [1.29, 1.82) is 0 Å². The van der Waals surface area contributed by atoms with Crippen LogP contribution in [0.2, 0.25) is 0 Å². The van der Waals surface area contributed by atoms with Gasteiger partial charge in [-0.05, 0) is 156 Å². The molecule has 0 spiro atoms. The molecule has 0 bridgehead atoms. The van der Waals surface area contributed by atoms with Crippen LogP contribution in [0.15, 0.2) is 34.7 Å². The van der Waals surface area contributed by atoms with Gasteiger partial charge in [-0.25, -0.2) is 0 Å². The molecule has 0 aromatic carbocycles. The molecule has 0 radical (unpaired) electrons. The first-order chi connectivity index (χ1) is 30.5. The number of rotatable bonds is 19. The number of fused-ring (bicyclic) bond motifs is 6. The van der Waals surface area contributed by atoms with E-state index in [1.807, 2.05) is 19.1 Å². The van der Waals surface area contributed by atoms with Crippen LogP contribution in [0, 0.1) is 46.3 Å². The Balaban J connectivity index is 1.26. The molecule has 7 aliphatic rings. The molecule has 10 N–H and O–H groups in total. The molecule has 364 valence electrons. The normalized spacial score (nSPS) is 41.6. The number of carbonyl (C=O) groups excluding carboxylic acids is 1. The number of nitrogens with two attached hydrogens (primary N) is 1. The molecule has 0 amide bonds. The second kappa shape index (κ2) is 20.4. The number of dihydropyridines is 1. The fraction of sp³-hybridized carbons (Fsp3) is 0.865. The quantitative estimate of drug-likeness (QED) is 0.0680. The third-order valence-electron chi connectivity index (χ3n) is 18.3. The summed E-state index contributed by atoms with van der Waals surface area (Å²) in [6.07, 6.45) is 14.6. The molecule has 2 heterocycles. The van der Waals surface area contributed by atoms with E-state index >= 15 is 4.79 Å². The van der Waals surface area contributed by atoms with E-state index in [1.54, 1.807) is 6.92 Å². The molecule has 4 saturated carbocycles. The van der Waals surface area contributed by atoms with E-state index in [2.05, 4.69) is 38.3 Å². The number of ketones is 1. The number of hydrogen-bond donors (Lipinski definition) is 9. The Morgan fingerprint density at radius 1 is 1.03 bits per heavy atom. The largest absolute Gasteiger partial charge is 0.396 e. The molecule has 12 nitrogen and oxygen atoms in total. The first-order valence-corrected chi connectivity index (χ1v) is 25.8. The van der Waals surface area contributed by atoms with Crippen molar-refractivity contribution in [3.8, 4) is 0 Å². The smallest absolute Gasteiger partial charge is 0.182 e. The van der Waals surface area contributed by atoms with Crippen molar-refractivity contribution < 1.29 is 44.9 Å². The van der Waals surface area contributed by atoms with Crippen LogP contribution in [0.1, 0.15) is 164 Å². The predicted molar refractivity (Wildman–Crippen MR) is 248 cm³/mol. The zero-order chi connectivity index (χ0) is 46.2. The summed E-state index contributed by atoms with van der Waals surface area (Å²) in [5.41, 5.74) is 4.72. The van der Waals surface area contributed by atoms with Gasteiger partial charge in [0.15, 0.2) is 5.78 Å². The van der Waals surface area contributed by atoms with Gasteiger partial charge < -0.3 is 56.5 Å². The first kappa shape index (κ1) is 50.0. The minimum atomic E-state index is -1.50. The van der Waals surface area contributed by atoms with Crippen molar-refractivity contribution in [3.63, 3.8) is 0 Å². The Kier molecular flexibility index (Phi) is 15.9. The average molecular weight is 898 g/mol. The van der Waals surface area contributed by atoms with Crippen molar-refractivity contribution in [2.45, 2.75) is 218 Å². The highest BCUT2D eigenvalue weighted by atomic mass is 16.6. The van der Waals surface area contributed by atoms with E-state index in [0.717, 1.165) is 49.3 Å². The number of nitrogens with one attached hydrogen (secondary N) is 2. The molecule has 17 atom stereocenters. The maximum absolute atomic E-state index is 15.3. The number of Topliss-reactive ketones (excluding diaryl/α,β-unsaturated/α-hetero) is 1. The molecular weight excluding hydrogens is 811 g/mol. The maximum atomic E-state index is 15.3. The molecule has 17 unspecified atom stereocenters. The molecule has 5 fully saturated rings. The summed E-state index contributed by atoms with van der Waals surface area (Å²) in [6.45, 7) is 13.1. The monoisotopic (exact) mass is 898 g/mol. The fourth-order valence-electron chi connectivity index (χ4n) is 14.9.